The van der Waals surface area contributed by atoms with Gasteiger partial charge in [-0.25, -0.2) is 9.97 Å². The standard InChI is InChI=1S/C12H8ClF3N4S/c13-6-1-2-8(7(5-6)12(14,15)16)19-11-18-4-3-9(20-11)10(17)21/h1-5H,(H2,17,21)(H,18,19,20). The van der Waals surface area contributed by atoms with Crippen LogP contribution in [0.25, 0.3) is 0 Å². The molecule has 0 atom stereocenters. The molecule has 0 radical (unpaired) electrons. The van der Waals surface area contributed by atoms with E-state index in [1.165, 1.54) is 24.4 Å². The number of anilines is 2. The van der Waals surface area contributed by atoms with Crippen LogP contribution in [0, 0.1) is 0 Å². The van der Waals surface area contributed by atoms with Crippen molar-refractivity contribution in [1.82, 2.24) is 9.97 Å². The second-order valence-corrected chi connectivity index (χ2v) is 4.82. The molecule has 3 N–H and O–H groups in total. The molecule has 1 aromatic carbocycles. The number of hydrogen-bond acceptors (Lipinski definition) is 4. The van der Waals surface area contributed by atoms with Crippen LogP contribution in [0.3, 0.4) is 0 Å². The predicted octanol–water partition coefficient (Wildman–Crippen LogP) is 3.53. The topological polar surface area (TPSA) is 63.8 Å². The molecular formula is C12H8ClF3N4S. The normalized spacial score (nSPS) is 11.2. The molecule has 4 nitrogen and oxygen atoms in total. The molecule has 0 aliphatic heterocycles. The van der Waals surface area contributed by atoms with Gasteiger partial charge in [0.15, 0.2) is 0 Å². The third-order valence-electron chi connectivity index (χ3n) is 2.44. The Hall–Kier alpha value is -1.93. The van der Waals surface area contributed by atoms with Crippen molar-refractivity contribution >= 4 is 40.4 Å². The smallest absolute Gasteiger partial charge is 0.388 e. The van der Waals surface area contributed by atoms with Crippen molar-refractivity contribution in [2.75, 3.05) is 5.32 Å². The van der Waals surface area contributed by atoms with Gasteiger partial charge in [0.25, 0.3) is 0 Å². The SMILES string of the molecule is NC(=S)c1ccnc(Nc2ccc(Cl)cc2C(F)(F)F)n1. The van der Waals surface area contributed by atoms with Crippen molar-refractivity contribution in [2.24, 2.45) is 5.73 Å². The van der Waals surface area contributed by atoms with Gasteiger partial charge in [0, 0.05) is 11.2 Å². The second-order valence-electron chi connectivity index (χ2n) is 3.94. The lowest BCUT2D eigenvalue weighted by atomic mass is 10.1. The molecule has 0 saturated carbocycles. The van der Waals surface area contributed by atoms with Gasteiger partial charge in [0.05, 0.1) is 11.3 Å². The molecule has 2 rings (SSSR count). The molecule has 0 spiro atoms. The maximum atomic E-state index is 13.0. The fraction of sp³-hybridized carbons (Fsp3) is 0.0833. The molecule has 0 bridgehead atoms. The number of nitrogens with zero attached hydrogens (tertiary/aromatic N) is 2. The maximum absolute atomic E-state index is 13.0. The average molecular weight is 333 g/mol. The van der Waals surface area contributed by atoms with Crippen LogP contribution in [-0.4, -0.2) is 15.0 Å². The Morgan fingerprint density at radius 1 is 1.29 bits per heavy atom. The summed E-state index contributed by atoms with van der Waals surface area (Å²) in [5.74, 6) is -0.0480. The molecule has 0 amide bonds. The summed E-state index contributed by atoms with van der Waals surface area (Å²) < 4.78 is 38.9. The first-order valence-electron chi connectivity index (χ1n) is 5.54. The summed E-state index contributed by atoms with van der Waals surface area (Å²) in [5, 5.41) is 2.46. The number of benzene rings is 1. The van der Waals surface area contributed by atoms with Gasteiger partial charge < -0.3 is 11.1 Å². The molecule has 0 aliphatic carbocycles. The van der Waals surface area contributed by atoms with Crippen molar-refractivity contribution in [1.29, 1.82) is 0 Å². The number of thiocarbonyl (C=S) groups is 1. The molecule has 0 saturated heterocycles. The molecule has 1 heterocycles. The van der Waals surface area contributed by atoms with Crippen LogP contribution >= 0.6 is 23.8 Å². The zero-order valence-electron chi connectivity index (χ0n) is 10.3. The van der Waals surface area contributed by atoms with Gasteiger partial charge in [-0.15, -0.1) is 0 Å². The van der Waals surface area contributed by atoms with Crippen LogP contribution < -0.4 is 11.1 Å². The third-order valence-corrected chi connectivity index (χ3v) is 2.89. The van der Waals surface area contributed by atoms with Crippen molar-refractivity contribution < 1.29 is 13.2 Å². The van der Waals surface area contributed by atoms with E-state index in [2.05, 4.69) is 15.3 Å². The van der Waals surface area contributed by atoms with Gasteiger partial charge in [-0.3, -0.25) is 0 Å². The van der Waals surface area contributed by atoms with E-state index in [0.29, 0.717) is 0 Å². The Bertz CT molecular complexity index is 690. The summed E-state index contributed by atoms with van der Waals surface area (Å²) >= 11 is 10.4. The van der Waals surface area contributed by atoms with Crippen molar-refractivity contribution in [3.63, 3.8) is 0 Å². The monoisotopic (exact) mass is 332 g/mol. The lowest BCUT2D eigenvalue weighted by molar-refractivity contribution is -0.136. The summed E-state index contributed by atoms with van der Waals surface area (Å²) in [5.41, 5.74) is 4.53. The van der Waals surface area contributed by atoms with Crippen LogP contribution in [0.1, 0.15) is 11.3 Å². The number of nitrogens with two attached hydrogens (primary N) is 1. The lowest BCUT2D eigenvalue weighted by Crippen LogP contribution is -2.14. The fourth-order valence-corrected chi connectivity index (χ4v) is 1.82. The minimum atomic E-state index is -4.56. The van der Waals surface area contributed by atoms with Crippen LogP contribution in [-0.2, 0) is 6.18 Å². The number of nitrogens with one attached hydrogen (secondary N) is 1. The number of hydrogen-bond donors (Lipinski definition) is 2. The van der Waals surface area contributed by atoms with E-state index in [1.54, 1.807) is 0 Å². The first-order chi connectivity index (χ1) is 9.77. The van der Waals surface area contributed by atoms with Gasteiger partial charge in [0.1, 0.15) is 10.7 Å². The molecular weight excluding hydrogens is 325 g/mol. The van der Waals surface area contributed by atoms with Crippen LogP contribution in [0.5, 0.6) is 0 Å². The molecule has 110 valence electrons. The van der Waals surface area contributed by atoms with E-state index >= 15 is 0 Å². The highest BCUT2D eigenvalue weighted by Crippen LogP contribution is 2.37. The Labute approximate surface area is 128 Å². The molecule has 9 heteroatoms. The van der Waals surface area contributed by atoms with E-state index < -0.39 is 11.7 Å². The van der Waals surface area contributed by atoms with Crippen molar-refractivity contribution in [3.8, 4) is 0 Å². The zero-order chi connectivity index (χ0) is 15.6. The Kier molecular flexibility index (Phi) is 4.29. The molecule has 0 fully saturated rings. The van der Waals surface area contributed by atoms with Crippen molar-refractivity contribution in [2.45, 2.75) is 6.18 Å². The van der Waals surface area contributed by atoms with E-state index in [0.717, 1.165) is 6.07 Å². The van der Waals surface area contributed by atoms with Crippen molar-refractivity contribution in [3.05, 3.63) is 46.7 Å². The molecule has 0 unspecified atom stereocenters. The van der Waals surface area contributed by atoms with Crippen LogP contribution in [0.4, 0.5) is 24.8 Å². The van der Waals surface area contributed by atoms with E-state index in [1.807, 2.05) is 0 Å². The lowest BCUT2D eigenvalue weighted by Gasteiger charge is -2.14. The van der Waals surface area contributed by atoms with Gasteiger partial charge in [-0.2, -0.15) is 13.2 Å². The Morgan fingerprint density at radius 3 is 2.62 bits per heavy atom. The van der Waals surface area contributed by atoms with Gasteiger partial charge in [0.2, 0.25) is 5.95 Å². The summed E-state index contributed by atoms with van der Waals surface area (Å²) in [4.78, 5) is 7.77. The molecule has 0 aliphatic rings. The van der Waals surface area contributed by atoms with Gasteiger partial charge >= 0.3 is 6.18 Å². The van der Waals surface area contributed by atoms with Gasteiger partial charge in [-0.05, 0) is 24.3 Å². The second kappa shape index (κ2) is 5.82. The molecule has 2 aromatic rings. The largest absolute Gasteiger partial charge is 0.418 e. The molecule has 1 aromatic heterocycles. The van der Waals surface area contributed by atoms with Gasteiger partial charge in [-0.1, -0.05) is 23.8 Å². The number of rotatable bonds is 3. The quantitative estimate of drug-likeness (QED) is 0.842. The van der Waals surface area contributed by atoms with Crippen LogP contribution in [0.2, 0.25) is 5.02 Å². The number of aromatic nitrogens is 2. The maximum Gasteiger partial charge on any atom is 0.418 e. The number of halogens is 4. The summed E-state index contributed by atoms with van der Waals surface area (Å²) in [7, 11) is 0. The molecule has 21 heavy (non-hydrogen) atoms. The zero-order valence-corrected chi connectivity index (χ0v) is 11.9. The summed E-state index contributed by atoms with van der Waals surface area (Å²) in [6.45, 7) is 0. The fourth-order valence-electron chi connectivity index (χ4n) is 1.54. The van der Waals surface area contributed by atoms with Crippen LogP contribution in [0.15, 0.2) is 30.5 Å². The van der Waals surface area contributed by atoms with E-state index in [-0.39, 0.29) is 27.3 Å². The number of alkyl halides is 3. The Balaban J connectivity index is 2.40. The minimum Gasteiger partial charge on any atom is -0.388 e. The predicted molar refractivity (Wildman–Crippen MR) is 77.7 cm³/mol. The first-order valence-corrected chi connectivity index (χ1v) is 6.32. The van der Waals surface area contributed by atoms with E-state index in [4.69, 9.17) is 29.6 Å². The van der Waals surface area contributed by atoms with E-state index in [9.17, 15) is 13.2 Å². The highest BCUT2D eigenvalue weighted by Gasteiger charge is 2.34. The summed E-state index contributed by atoms with van der Waals surface area (Å²) in [6, 6.07) is 4.81. The average Bonchev–Trinajstić information content (AvgIpc) is 2.40. The first kappa shape index (κ1) is 15.5. The minimum absolute atomic E-state index is 0.0209. The third kappa shape index (κ3) is 3.79. The highest BCUT2D eigenvalue weighted by molar-refractivity contribution is 7.80. The highest BCUT2D eigenvalue weighted by atomic mass is 35.5. The summed E-state index contributed by atoms with van der Waals surface area (Å²) in [6.07, 6.45) is -3.22. The Morgan fingerprint density at radius 2 is 2.00 bits per heavy atom.